The topological polar surface area (TPSA) is 94.1 Å². The number of carbonyl (C=O) groups is 1. The summed E-state index contributed by atoms with van der Waals surface area (Å²) in [7, 11) is 0. The third-order valence-corrected chi connectivity index (χ3v) is 4.59. The van der Waals surface area contributed by atoms with Gasteiger partial charge in [-0.25, -0.2) is 4.98 Å². The number of hydrogen-bond acceptors (Lipinski definition) is 5. The molecule has 2 atom stereocenters. The van der Waals surface area contributed by atoms with Crippen molar-refractivity contribution in [3.63, 3.8) is 0 Å². The maximum Gasteiger partial charge on any atom is 0.251 e. The lowest BCUT2D eigenvalue weighted by molar-refractivity contribution is 0.0797. The first kappa shape index (κ1) is 15.6. The van der Waals surface area contributed by atoms with Gasteiger partial charge in [-0.15, -0.1) is 0 Å². The monoisotopic (exact) mass is 337 g/mol. The van der Waals surface area contributed by atoms with Crippen LogP contribution in [0, 0.1) is 0 Å². The van der Waals surface area contributed by atoms with Crippen molar-refractivity contribution in [2.45, 2.75) is 18.6 Å². The highest BCUT2D eigenvalue weighted by atomic mass is 16.3. The molecule has 1 aromatic carbocycles. The number of amides is 1. The van der Waals surface area contributed by atoms with Crippen molar-refractivity contribution in [2.24, 2.45) is 0 Å². The molecule has 25 heavy (non-hydrogen) atoms. The van der Waals surface area contributed by atoms with E-state index in [2.05, 4.69) is 20.3 Å². The Balaban J connectivity index is 1.42. The summed E-state index contributed by atoms with van der Waals surface area (Å²) in [6.07, 6.45) is 6.76. The van der Waals surface area contributed by atoms with Crippen LogP contribution in [0.3, 0.4) is 0 Å². The molecule has 4 rings (SSSR count). The number of aliphatic hydroxyl groups excluding tert-OH is 1. The standard InChI is InChI=1S/C18H19N5O2/c24-16-11-23(17-10-19-6-7-21-17)8-4-14(16)22-18(25)13-2-1-12-3-5-20-15(12)9-13/h1-3,5-7,9-10,14,16,20,24H,4,8,11H2,(H,22,25)/t14-,16-/m1/s1. The Morgan fingerprint density at radius 3 is 3.04 bits per heavy atom. The van der Waals surface area contributed by atoms with Gasteiger partial charge in [-0.2, -0.15) is 0 Å². The molecular weight excluding hydrogens is 318 g/mol. The molecule has 7 heteroatoms. The zero-order valence-electron chi connectivity index (χ0n) is 13.6. The Labute approximate surface area is 144 Å². The summed E-state index contributed by atoms with van der Waals surface area (Å²) in [4.78, 5) is 25.9. The van der Waals surface area contributed by atoms with Crippen molar-refractivity contribution in [3.8, 4) is 0 Å². The quantitative estimate of drug-likeness (QED) is 0.670. The summed E-state index contributed by atoms with van der Waals surface area (Å²) >= 11 is 0. The summed E-state index contributed by atoms with van der Waals surface area (Å²) in [5.41, 5.74) is 1.50. The van der Waals surface area contributed by atoms with Crippen LogP contribution in [0.4, 0.5) is 5.82 Å². The lowest BCUT2D eigenvalue weighted by Gasteiger charge is -2.36. The fraction of sp³-hybridized carbons (Fsp3) is 0.278. The molecule has 0 bridgehead atoms. The lowest BCUT2D eigenvalue weighted by Crippen LogP contribution is -2.54. The normalized spacial score (nSPS) is 20.6. The second kappa shape index (κ2) is 6.52. The first-order chi connectivity index (χ1) is 12.2. The molecule has 2 aromatic heterocycles. The van der Waals surface area contributed by atoms with Crippen LogP contribution in [-0.2, 0) is 0 Å². The molecule has 3 aromatic rings. The van der Waals surface area contributed by atoms with Gasteiger partial charge < -0.3 is 20.3 Å². The minimum Gasteiger partial charge on any atom is -0.389 e. The van der Waals surface area contributed by atoms with Crippen LogP contribution < -0.4 is 10.2 Å². The number of nitrogens with one attached hydrogen (secondary N) is 2. The summed E-state index contributed by atoms with van der Waals surface area (Å²) < 4.78 is 0. The predicted octanol–water partition coefficient (Wildman–Crippen LogP) is 1.33. The number of aliphatic hydroxyl groups is 1. The first-order valence-electron chi connectivity index (χ1n) is 8.28. The van der Waals surface area contributed by atoms with Crippen LogP contribution in [0.5, 0.6) is 0 Å². The van der Waals surface area contributed by atoms with Crippen LogP contribution >= 0.6 is 0 Å². The number of carbonyl (C=O) groups excluding carboxylic acids is 1. The third kappa shape index (κ3) is 3.18. The molecule has 3 N–H and O–H groups in total. The number of anilines is 1. The maximum atomic E-state index is 12.5. The van der Waals surface area contributed by atoms with E-state index in [4.69, 9.17) is 0 Å². The molecule has 1 saturated heterocycles. The molecule has 7 nitrogen and oxygen atoms in total. The van der Waals surface area contributed by atoms with E-state index < -0.39 is 6.10 Å². The van der Waals surface area contributed by atoms with Crippen molar-refractivity contribution in [1.82, 2.24) is 20.3 Å². The molecule has 1 amide bonds. The molecule has 3 heterocycles. The number of fused-ring (bicyclic) bond motifs is 1. The number of piperidine rings is 1. The lowest BCUT2D eigenvalue weighted by atomic mass is 10.0. The van der Waals surface area contributed by atoms with E-state index in [1.54, 1.807) is 24.7 Å². The maximum absolute atomic E-state index is 12.5. The average Bonchev–Trinajstić information content (AvgIpc) is 3.12. The molecule has 128 valence electrons. The van der Waals surface area contributed by atoms with Gasteiger partial charge in [0.15, 0.2) is 0 Å². The predicted molar refractivity (Wildman–Crippen MR) is 94.4 cm³/mol. The van der Waals surface area contributed by atoms with Gasteiger partial charge in [-0.3, -0.25) is 9.78 Å². The zero-order chi connectivity index (χ0) is 17.2. The van der Waals surface area contributed by atoms with E-state index in [1.165, 1.54) is 0 Å². The first-order valence-corrected chi connectivity index (χ1v) is 8.28. The summed E-state index contributed by atoms with van der Waals surface area (Å²) in [6.45, 7) is 1.12. The Bertz CT molecular complexity index is 879. The Kier molecular flexibility index (Phi) is 4.07. The molecular formula is C18H19N5O2. The number of benzene rings is 1. The Morgan fingerprint density at radius 1 is 1.32 bits per heavy atom. The zero-order valence-corrected chi connectivity index (χ0v) is 13.6. The van der Waals surface area contributed by atoms with Gasteiger partial charge in [0.1, 0.15) is 5.82 Å². The molecule has 0 radical (unpaired) electrons. The van der Waals surface area contributed by atoms with Gasteiger partial charge in [0.25, 0.3) is 5.91 Å². The molecule has 0 aliphatic carbocycles. The van der Waals surface area contributed by atoms with Gasteiger partial charge in [-0.05, 0) is 30.0 Å². The highest BCUT2D eigenvalue weighted by Gasteiger charge is 2.29. The average molecular weight is 337 g/mol. The number of aromatic nitrogens is 3. The number of nitrogens with zero attached hydrogens (tertiary/aromatic N) is 3. The Morgan fingerprint density at radius 2 is 2.24 bits per heavy atom. The second-order valence-electron chi connectivity index (χ2n) is 6.23. The SMILES string of the molecule is O=C(N[C@@H]1CCN(c2cnccn2)C[C@H]1O)c1ccc2cc[nH]c2c1. The van der Waals surface area contributed by atoms with Gasteiger partial charge in [0.05, 0.1) is 18.3 Å². The molecule has 1 aliphatic heterocycles. The summed E-state index contributed by atoms with van der Waals surface area (Å²) in [5, 5.41) is 14.4. The van der Waals surface area contributed by atoms with Crippen LogP contribution in [-0.4, -0.2) is 51.2 Å². The highest BCUT2D eigenvalue weighted by Crippen LogP contribution is 2.18. The van der Waals surface area contributed by atoms with Crippen molar-refractivity contribution in [2.75, 3.05) is 18.0 Å². The van der Waals surface area contributed by atoms with Crippen molar-refractivity contribution >= 4 is 22.6 Å². The van der Waals surface area contributed by atoms with E-state index >= 15 is 0 Å². The van der Waals surface area contributed by atoms with Crippen LogP contribution in [0.1, 0.15) is 16.8 Å². The third-order valence-electron chi connectivity index (χ3n) is 4.59. The molecule has 0 spiro atoms. The van der Waals surface area contributed by atoms with Gasteiger partial charge in [0.2, 0.25) is 0 Å². The fourth-order valence-corrected chi connectivity index (χ4v) is 3.20. The van der Waals surface area contributed by atoms with Crippen molar-refractivity contribution in [3.05, 3.63) is 54.6 Å². The number of H-pyrrole nitrogens is 1. The Hall–Kier alpha value is -2.93. The van der Waals surface area contributed by atoms with Crippen molar-refractivity contribution in [1.29, 1.82) is 0 Å². The molecule has 0 saturated carbocycles. The van der Waals surface area contributed by atoms with Gasteiger partial charge in [0, 0.05) is 42.8 Å². The van der Waals surface area contributed by atoms with Crippen LogP contribution in [0.25, 0.3) is 10.9 Å². The van der Waals surface area contributed by atoms with E-state index in [0.717, 1.165) is 16.7 Å². The van der Waals surface area contributed by atoms with Crippen LogP contribution in [0.2, 0.25) is 0 Å². The smallest absolute Gasteiger partial charge is 0.251 e. The van der Waals surface area contributed by atoms with Crippen molar-refractivity contribution < 1.29 is 9.90 Å². The van der Waals surface area contributed by atoms with Crippen LogP contribution in [0.15, 0.2) is 49.1 Å². The minimum absolute atomic E-state index is 0.173. The summed E-state index contributed by atoms with van der Waals surface area (Å²) in [5.74, 6) is 0.567. The second-order valence-corrected chi connectivity index (χ2v) is 6.23. The highest BCUT2D eigenvalue weighted by molar-refractivity contribution is 5.98. The van der Waals surface area contributed by atoms with E-state index in [0.29, 0.717) is 25.1 Å². The van der Waals surface area contributed by atoms with Gasteiger partial charge in [-0.1, -0.05) is 6.07 Å². The number of hydrogen-bond donors (Lipinski definition) is 3. The molecule has 1 fully saturated rings. The summed E-state index contributed by atoms with van der Waals surface area (Å²) in [6, 6.07) is 7.22. The van der Waals surface area contributed by atoms with E-state index in [9.17, 15) is 9.90 Å². The number of aromatic amines is 1. The molecule has 1 aliphatic rings. The molecule has 0 unspecified atom stereocenters. The van der Waals surface area contributed by atoms with E-state index in [1.807, 2.05) is 29.3 Å². The number of rotatable bonds is 3. The largest absolute Gasteiger partial charge is 0.389 e. The van der Waals surface area contributed by atoms with Gasteiger partial charge >= 0.3 is 0 Å². The van der Waals surface area contributed by atoms with E-state index in [-0.39, 0.29) is 11.9 Å². The number of β-amino-alcohol motifs (C(OH)–C–C–N with tert-alkyl or cyclic N) is 1. The minimum atomic E-state index is -0.658. The fourth-order valence-electron chi connectivity index (χ4n) is 3.20.